The summed E-state index contributed by atoms with van der Waals surface area (Å²) in [6.07, 6.45) is 6.02. The number of anilines is 1. The second-order valence-electron chi connectivity index (χ2n) is 4.20. The normalized spacial score (nSPS) is 14.8. The van der Waals surface area contributed by atoms with E-state index in [4.69, 9.17) is 26.0 Å². The molecule has 0 aliphatic heterocycles. The maximum absolute atomic E-state index is 10.5. The molecular weight excluding hydrogens is 328 g/mol. The Labute approximate surface area is 125 Å². The lowest BCUT2D eigenvalue weighted by Gasteiger charge is -2.25. The van der Waals surface area contributed by atoms with Crippen molar-refractivity contribution in [1.29, 1.82) is 0 Å². The van der Waals surface area contributed by atoms with E-state index in [1.807, 2.05) is 0 Å². The van der Waals surface area contributed by atoms with Gasteiger partial charge in [-0.15, -0.1) is 0 Å². The van der Waals surface area contributed by atoms with Gasteiger partial charge in [-0.2, -0.15) is 0 Å². The number of nitrogens with one attached hydrogen (secondary N) is 1. The molecule has 1 aliphatic carbocycles. The van der Waals surface area contributed by atoms with Crippen LogP contribution in [0.5, 0.6) is 0 Å². The van der Waals surface area contributed by atoms with E-state index in [1.165, 1.54) is 25.5 Å². The zero-order valence-electron chi connectivity index (χ0n) is 10.4. The highest BCUT2D eigenvalue weighted by atomic mass is 35.7. The number of aldehydes is 1. The summed E-state index contributed by atoms with van der Waals surface area (Å²) < 4.78 is 9.09. The lowest BCUT2D eigenvalue weighted by molar-refractivity contribution is 0.111. The summed E-state index contributed by atoms with van der Waals surface area (Å²) in [5.74, 6) is 1.38. The van der Waals surface area contributed by atoms with E-state index >= 15 is 0 Å². The van der Waals surface area contributed by atoms with Crippen molar-refractivity contribution in [2.45, 2.75) is 19.3 Å². The molecule has 7 nitrogen and oxygen atoms in total. The highest BCUT2D eigenvalue weighted by Gasteiger charge is 2.17. The van der Waals surface area contributed by atoms with E-state index in [2.05, 4.69) is 26.5 Å². The molecule has 112 valence electrons. The molecule has 0 bridgehead atoms. The SMILES string of the molecule is O=Cc1ncc(NCC2CCC2)nc1Cl.O=P(O)(O)Cl. The van der Waals surface area contributed by atoms with Crippen LogP contribution in [0.3, 0.4) is 0 Å². The number of hydrogen-bond acceptors (Lipinski definition) is 5. The maximum atomic E-state index is 10.5. The van der Waals surface area contributed by atoms with Crippen LogP contribution in [-0.4, -0.2) is 32.6 Å². The van der Waals surface area contributed by atoms with E-state index < -0.39 is 6.95 Å². The average Bonchev–Trinajstić information content (AvgIpc) is 2.25. The van der Waals surface area contributed by atoms with Crippen molar-refractivity contribution in [1.82, 2.24) is 9.97 Å². The maximum Gasteiger partial charge on any atom is 0.419 e. The van der Waals surface area contributed by atoms with Gasteiger partial charge in [-0.25, -0.2) is 14.5 Å². The van der Waals surface area contributed by atoms with Gasteiger partial charge in [0.05, 0.1) is 6.20 Å². The van der Waals surface area contributed by atoms with Crippen molar-refractivity contribution < 1.29 is 19.1 Å². The Morgan fingerprint density at radius 2 is 2.10 bits per heavy atom. The van der Waals surface area contributed by atoms with Crippen LogP contribution in [-0.2, 0) is 4.57 Å². The lowest BCUT2D eigenvalue weighted by Crippen LogP contribution is -2.21. The largest absolute Gasteiger partial charge is 0.419 e. The first-order valence-corrected chi connectivity index (χ1v) is 8.66. The number of carbonyl (C=O) groups is 1. The second kappa shape index (κ2) is 7.90. The highest BCUT2D eigenvalue weighted by Crippen LogP contribution is 2.39. The molecule has 1 saturated carbocycles. The minimum atomic E-state index is -4.17. The first-order chi connectivity index (χ1) is 9.29. The first-order valence-electron chi connectivity index (χ1n) is 5.76. The quantitative estimate of drug-likeness (QED) is 0.569. The van der Waals surface area contributed by atoms with Crippen molar-refractivity contribution in [3.8, 4) is 0 Å². The molecule has 0 amide bonds. The third kappa shape index (κ3) is 7.17. The Morgan fingerprint density at radius 3 is 2.50 bits per heavy atom. The summed E-state index contributed by atoms with van der Waals surface area (Å²) in [6, 6.07) is 0. The first kappa shape index (κ1) is 17.3. The van der Waals surface area contributed by atoms with E-state index in [1.54, 1.807) is 0 Å². The Hall–Kier alpha value is -0.720. The predicted octanol–water partition coefficient (Wildman–Crippen LogP) is 2.47. The van der Waals surface area contributed by atoms with Gasteiger partial charge in [0.2, 0.25) is 0 Å². The molecule has 0 unspecified atom stereocenters. The molecule has 1 fully saturated rings. The smallest absolute Gasteiger partial charge is 0.368 e. The van der Waals surface area contributed by atoms with Crippen molar-refractivity contribution in [2.75, 3.05) is 11.9 Å². The molecular formula is C10H14Cl2N3O4P. The molecule has 0 saturated heterocycles. The summed E-state index contributed by atoms with van der Waals surface area (Å²) in [5.41, 5.74) is 0.186. The summed E-state index contributed by atoms with van der Waals surface area (Å²) in [5, 5.41) is 3.32. The van der Waals surface area contributed by atoms with Gasteiger partial charge < -0.3 is 15.1 Å². The number of hydrogen-bond donors (Lipinski definition) is 3. The number of aromatic nitrogens is 2. The molecule has 10 heteroatoms. The van der Waals surface area contributed by atoms with Gasteiger partial charge in [0, 0.05) is 17.8 Å². The predicted molar refractivity (Wildman–Crippen MR) is 76.2 cm³/mol. The molecule has 1 aliphatic rings. The molecule has 1 aromatic heterocycles. The fourth-order valence-corrected chi connectivity index (χ4v) is 1.67. The fourth-order valence-electron chi connectivity index (χ4n) is 1.49. The van der Waals surface area contributed by atoms with Crippen LogP contribution in [0, 0.1) is 5.92 Å². The Morgan fingerprint density at radius 1 is 1.50 bits per heavy atom. The van der Waals surface area contributed by atoms with Crippen LogP contribution in [0.25, 0.3) is 0 Å². The summed E-state index contributed by atoms with van der Waals surface area (Å²) in [4.78, 5) is 33.2. The van der Waals surface area contributed by atoms with Gasteiger partial charge in [-0.3, -0.25) is 4.79 Å². The molecule has 0 atom stereocenters. The Kier molecular flexibility index (Phi) is 6.85. The standard InChI is InChI=1S/C10H12ClN3O.ClH2O3P/c11-10-8(6-15)12-5-9(14-10)13-4-7-2-1-3-7;1-5(2,3)4/h5-7H,1-4H2,(H,13,14);(H2,2,3,4). The molecule has 0 radical (unpaired) electrons. The van der Waals surface area contributed by atoms with Crippen LogP contribution >= 0.6 is 29.8 Å². The minimum Gasteiger partial charge on any atom is -0.368 e. The Balaban J connectivity index is 0.000000347. The zero-order chi connectivity index (χ0) is 15.2. The van der Waals surface area contributed by atoms with Gasteiger partial charge in [0.15, 0.2) is 11.4 Å². The van der Waals surface area contributed by atoms with E-state index in [0.717, 1.165) is 12.5 Å². The van der Waals surface area contributed by atoms with Crippen molar-refractivity contribution >= 4 is 41.9 Å². The third-order valence-electron chi connectivity index (χ3n) is 2.66. The average molecular weight is 342 g/mol. The summed E-state index contributed by atoms with van der Waals surface area (Å²) >= 11 is 9.94. The molecule has 1 heterocycles. The number of halogens is 2. The second-order valence-corrected chi connectivity index (χ2v) is 6.82. The van der Waals surface area contributed by atoms with Gasteiger partial charge in [-0.05, 0) is 18.8 Å². The van der Waals surface area contributed by atoms with Crippen LogP contribution in [0.4, 0.5) is 5.82 Å². The van der Waals surface area contributed by atoms with Gasteiger partial charge in [0.25, 0.3) is 0 Å². The molecule has 3 N–H and O–H groups in total. The minimum absolute atomic E-state index is 0.156. The van der Waals surface area contributed by atoms with E-state index in [-0.39, 0.29) is 10.8 Å². The molecule has 2 rings (SSSR count). The Bertz CT molecular complexity index is 499. The van der Waals surface area contributed by atoms with Crippen LogP contribution in [0.2, 0.25) is 5.15 Å². The van der Waals surface area contributed by atoms with Gasteiger partial charge in [0.1, 0.15) is 11.5 Å². The van der Waals surface area contributed by atoms with Gasteiger partial charge in [-0.1, -0.05) is 18.0 Å². The molecule has 0 spiro atoms. The number of carbonyl (C=O) groups excluding carboxylic acids is 1. The lowest BCUT2D eigenvalue weighted by atomic mass is 9.85. The summed E-state index contributed by atoms with van der Waals surface area (Å²) in [6.45, 7) is -3.26. The van der Waals surface area contributed by atoms with Crippen LogP contribution < -0.4 is 5.32 Å². The number of nitrogens with zero attached hydrogens (tertiary/aromatic N) is 2. The summed E-state index contributed by atoms with van der Waals surface area (Å²) in [7, 11) is 0. The van der Waals surface area contributed by atoms with Crippen molar-refractivity contribution in [3.63, 3.8) is 0 Å². The topological polar surface area (TPSA) is 112 Å². The van der Waals surface area contributed by atoms with E-state index in [9.17, 15) is 4.79 Å². The van der Waals surface area contributed by atoms with E-state index in [0.29, 0.717) is 12.1 Å². The zero-order valence-corrected chi connectivity index (χ0v) is 12.8. The number of rotatable bonds is 4. The molecule has 20 heavy (non-hydrogen) atoms. The van der Waals surface area contributed by atoms with Crippen molar-refractivity contribution in [2.24, 2.45) is 5.92 Å². The monoisotopic (exact) mass is 341 g/mol. The van der Waals surface area contributed by atoms with Crippen LogP contribution in [0.15, 0.2) is 6.20 Å². The fraction of sp³-hybridized carbons (Fsp3) is 0.500. The molecule has 1 aromatic rings. The van der Waals surface area contributed by atoms with Crippen LogP contribution in [0.1, 0.15) is 29.8 Å². The molecule has 0 aromatic carbocycles. The van der Waals surface area contributed by atoms with Crippen molar-refractivity contribution in [3.05, 3.63) is 17.0 Å². The van der Waals surface area contributed by atoms with Gasteiger partial charge >= 0.3 is 6.95 Å². The highest BCUT2D eigenvalue weighted by molar-refractivity contribution is 7.79. The third-order valence-corrected chi connectivity index (χ3v) is 2.94.